The monoisotopic (exact) mass is 298 g/mol. The zero-order chi connectivity index (χ0) is 15.9. The number of piperidine rings is 1. The lowest BCUT2D eigenvalue weighted by Gasteiger charge is -2.36. The van der Waals surface area contributed by atoms with E-state index in [0.717, 1.165) is 32.4 Å². The molecule has 0 bridgehead atoms. The highest BCUT2D eigenvalue weighted by Crippen LogP contribution is 2.16. The predicted molar refractivity (Wildman–Crippen MR) is 88.3 cm³/mol. The number of hydrogen-bond donors (Lipinski definition) is 2. The SMILES string of the molecule is CCNC(C)(CCCCN(C)C1CCCN(C)C1)C(N)=O. The summed E-state index contributed by atoms with van der Waals surface area (Å²) < 4.78 is 0. The lowest BCUT2D eigenvalue weighted by Crippen LogP contribution is -2.53. The van der Waals surface area contributed by atoms with E-state index >= 15 is 0 Å². The van der Waals surface area contributed by atoms with Crippen molar-refractivity contribution >= 4 is 5.91 Å². The van der Waals surface area contributed by atoms with Crippen molar-refractivity contribution in [2.45, 2.75) is 57.5 Å². The lowest BCUT2D eigenvalue weighted by molar-refractivity contribution is -0.124. The second kappa shape index (κ2) is 8.71. The van der Waals surface area contributed by atoms with Gasteiger partial charge in [-0.15, -0.1) is 0 Å². The molecule has 124 valence electrons. The number of unbranched alkanes of at least 4 members (excludes halogenated alkanes) is 1. The number of nitrogens with one attached hydrogen (secondary N) is 1. The van der Waals surface area contributed by atoms with Crippen LogP contribution in [0.1, 0.15) is 46.0 Å². The average molecular weight is 298 g/mol. The summed E-state index contributed by atoms with van der Waals surface area (Å²) in [6.45, 7) is 8.19. The number of carbonyl (C=O) groups is 1. The summed E-state index contributed by atoms with van der Waals surface area (Å²) >= 11 is 0. The Labute approximate surface area is 130 Å². The van der Waals surface area contributed by atoms with Crippen molar-refractivity contribution in [1.82, 2.24) is 15.1 Å². The van der Waals surface area contributed by atoms with Gasteiger partial charge in [-0.05, 0) is 72.8 Å². The molecule has 0 aromatic rings. The predicted octanol–water partition coefficient (Wildman–Crippen LogP) is 1.04. The van der Waals surface area contributed by atoms with Gasteiger partial charge in [-0.3, -0.25) is 4.79 Å². The number of nitrogens with zero attached hydrogens (tertiary/aromatic N) is 2. The van der Waals surface area contributed by atoms with E-state index in [1.807, 2.05) is 13.8 Å². The van der Waals surface area contributed by atoms with Crippen LogP contribution in [0.4, 0.5) is 0 Å². The fraction of sp³-hybridized carbons (Fsp3) is 0.938. The Kier molecular flexibility index (Phi) is 7.63. The Morgan fingerprint density at radius 3 is 2.76 bits per heavy atom. The van der Waals surface area contributed by atoms with Crippen molar-refractivity contribution in [3.63, 3.8) is 0 Å². The van der Waals surface area contributed by atoms with Crippen LogP contribution in [0, 0.1) is 0 Å². The van der Waals surface area contributed by atoms with Gasteiger partial charge < -0.3 is 20.9 Å². The van der Waals surface area contributed by atoms with E-state index in [0.29, 0.717) is 6.04 Å². The van der Waals surface area contributed by atoms with Crippen LogP contribution >= 0.6 is 0 Å². The fourth-order valence-electron chi connectivity index (χ4n) is 3.21. The van der Waals surface area contributed by atoms with Gasteiger partial charge in [0, 0.05) is 12.6 Å². The molecular weight excluding hydrogens is 264 g/mol. The molecular formula is C16H34N4O. The second-order valence-electron chi connectivity index (χ2n) is 6.72. The standard InChI is InChI=1S/C16H34N4O/c1-5-18-16(2,15(17)21)10-6-7-12-20(4)14-9-8-11-19(3)13-14/h14,18H,5-13H2,1-4H3,(H2,17,21). The first-order valence-electron chi connectivity index (χ1n) is 8.32. The first kappa shape index (κ1) is 18.4. The van der Waals surface area contributed by atoms with E-state index in [9.17, 15) is 4.79 Å². The number of nitrogens with two attached hydrogens (primary N) is 1. The molecule has 0 aromatic heterocycles. The summed E-state index contributed by atoms with van der Waals surface area (Å²) in [5.74, 6) is -0.244. The maximum absolute atomic E-state index is 11.6. The number of rotatable bonds is 9. The molecule has 5 heteroatoms. The molecule has 3 N–H and O–H groups in total. The zero-order valence-electron chi connectivity index (χ0n) is 14.3. The van der Waals surface area contributed by atoms with Gasteiger partial charge >= 0.3 is 0 Å². The molecule has 0 saturated carbocycles. The normalized spacial score (nSPS) is 23.2. The van der Waals surface area contributed by atoms with Crippen molar-refractivity contribution < 1.29 is 4.79 Å². The summed E-state index contributed by atoms with van der Waals surface area (Å²) in [6, 6.07) is 0.681. The highest BCUT2D eigenvalue weighted by atomic mass is 16.1. The lowest BCUT2D eigenvalue weighted by atomic mass is 9.93. The Balaban J connectivity index is 2.27. The van der Waals surface area contributed by atoms with Gasteiger partial charge in [-0.2, -0.15) is 0 Å². The number of amides is 1. The molecule has 1 saturated heterocycles. The number of hydrogen-bond acceptors (Lipinski definition) is 4. The van der Waals surface area contributed by atoms with Gasteiger partial charge in [0.1, 0.15) is 0 Å². The number of primary amides is 1. The Bertz CT molecular complexity index is 323. The molecule has 2 atom stereocenters. The second-order valence-corrected chi connectivity index (χ2v) is 6.72. The number of carbonyl (C=O) groups excluding carboxylic acids is 1. The molecule has 1 fully saturated rings. The van der Waals surface area contributed by atoms with Crippen LogP contribution in [0.25, 0.3) is 0 Å². The molecule has 1 rings (SSSR count). The number of likely N-dealkylation sites (N-methyl/N-ethyl adjacent to an activating group) is 3. The summed E-state index contributed by atoms with van der Waals surface area (Å²) in [7, 11) is 4.43. The summed E-state index contributed by atoms with van der Waals surface area (Å²) in [6.07, 6.45) is 5.56. The van der Waals surface area contributed by atoms with Gasteiger partial charge in [-0.1, -0.05) is 6.92 Å². The van der Waals surface area contributed by atoms with Gasteiger partial charge in [0.25, 0.3) is 0 Å². The van der Waals surface area contributed by atoms with E-state index in [2.05, 4.69) is 29.2 Å². The van der Waals surface area contributed by atoms with Gasteiger partial charge in [0.05, 0.1) is 5.54 Å². The van der Waals surface area contributed by atoms with E-state index in [1.165, 1.54) is 25.9 Å². The topological polar surface area (TPSA) is 61.6 Å². The Morgan fingerprint density at radius 1 is 1.48 bits per heavy atom. The third-order valence-corrected chi connectivity index (χ3v) is 4.77. The van der Waals surface area contributed by atoms with Crippen LogP contribution in [0.15, 0.2) is 0 Å². The van der Waals surface area contributed by atoms with Gasteiger partial charge in [-0.25, -0.2) is 0 Å². The Hall–Kier alpha value is -0.650. The maximum atomic E-state index is 11.6. The minimum absolute atomic E-state index is 0.244. The molecule has 0 radical (unpaired) electrons. The van der Waals surface area contributed by atoms with Crippen molar-refractivity contribution in [1.29, 1.82) is 0 Å². The molecule has 21 heavy (non-hydrogen) atoms. The minimum Gasteiger partial charge on any atom is -0.368 e. The molecule has 2 unspecified atom stereocenters. The molecule has 1 heterocycles. The summed E-state index contributed by atoms with van der Waals surface area (Å²) in [4.78, 5) is 16.5. The van der Waals surface area contributed by atoms with Crippen LogP contribution < -0.4 is 11.1 Å². The number of likely N-dealkylation sites (tertiary alicyclic amines) is 1. The van der Waals surface area contributed by atoms with E-state index in [1.54, 1.807) is 0 Å². The van der Waals surface area contributed by atoms with Crippen LogP contribution in [0.5, 0.6) is 0 Å². The zero-order valence-corrected chi connectivity index (χ0v) is 14.3. The highest BCUT2D eigenvalue weighted by Gasteiger charge is 2.29. The quantitative estimate of drug-likeness (QED) is 0.624. The third kappa shape index (κ3) is 5.93. The third-order valence-electron chi connectivity index (χ3n) is 4.77. The maximum Gasteiger partial charge on any atom is 0.237 e. The average Bonchev–Trinajstić information content (AvgIpc) is 2.43. The molecule has 5 nitrogen and oxygen atoms in total. The minimum atomic E-state index is -0.557. The van der Waals surface area contributed by atoms with Gasteiger partial charge in [0.2, 0.25) is 5.91 Å². The molecule has 0 spiro atoms. The summed E-state index contributed by atoms with van der Waals surface area (Å²) in [5, 5.41) is 3.22. The summed E-state index contributed by atoms with van der Waals surface area (Å²) in [5.41, 5.74) is 4.96. The highest BCUT2D eigenvalue weighted by molar-refractivity contribution is 5.84. The molecule has 0 aliphatic carbocycles. The molecule has 1 amide bonds. The molecule has 0 aromatic carbocycles. The molecule has 1 aliphatic rings. The van der Waals surface area contributed by atoms with Crippen molar-refractivity contribution in [2.24, 2.45) is 5.73 Å². The molecule has 1 aliphatic heterocycles. The van der Waals surface area contributed by atoms with Crippen LogP contribution in [-0.4, -0.2) is 67.6 Å². The Morgan fingerprint density at radius 2 is 2.19 bits per heavy atom. The van der Waals surface area contributed by atoms with Crippen molar-refractivity contribution in [3.8, 4) is 0 Å². The van der Waals surface area contributed by atoms with E-state index in [-0.39, 0.29) is 5.91 Å². The van der Waals surface area contributed by atoms with Crippen LogP contribution in [-0.2, 0) is 4.79 Å². The fourth-order valence-corrected chi connectivity index (χ4v) is 3.21. The van der Waals surface area contributed by atoms with Crippen LogP contribution in [0.3, 0.4) is 0 Å². The van der Waals surface area contributed by atoms with Gasteiger partial charge in [0.15, 0.2) is 0 Å². The van der Waals surface area contributed by atoms with Crippen molar-refractivity contribution in [2.75, 3.05) is 40.3 Å². The smallest absolute Gasteiger partial charge is 0.237 e. The van der Waals surface area contributed by atoms with E-state index < -0.39 is 5.54 Å². The van der Waals surface area contributed by atoms with Crippen LogP contribution in [0.2, 0.25) is 0 Å². The largest absolute Gasteiger partial charge is 0.368 e. The van der Waals surface area contributed by atoms with E-state index in [4.69, 9.17) is 5.73 Å². The first-order valence-corrected chi connectivity index (χ1v) is 8.32. The first-order chi connectivity index (χ1) is 9.89. The van der Waals surface area contributed by atoms with Crippen molar-refractivity contribution in [3.05, 3.63) is 0 Å².